The van der Waals surface area contributed by atoms with E-state index in [0.717, 1.165) is 18.9 Å². The lowest BCUT2D eigenvalue weighted by atomic mass is 9.88. The Labute approximate surface area is 207 Å². The number of rotatable bonds is 8. The zero-order valence-electron chi connectivity index (χ0n) is 20.7. The van der Waals surface area contributed by atoms with E-state index in [2.05, 4.69) is 42.4 Å². The lowest BCUT2D eigenvalue weighted by molar-refractivity contribution is -0.137. The molecule has 0 saturated heterocycles. The van der Waals surface area contributed by atoms with E-state index in [0.29, 0.717) is 24.4 Å². The second kappa shape index (κ2) is 16.2. The normalized spacial score (nSPS) is 16.5. The molecule has 0 spiro atoms. The number of nitrogens with one attached hydrogen (secondary N) is 1. The van der Waals surface area contributed by atoms with Crippen molar-refractivity contribution in [2.75, 3.05) is 0 Å². The van der Waals surface area contributed by atoms with Crippen LogP contribution in [0, 0.1) is 12.8 Å². The molecule has 1 aromatic rings. The van der Waals surface area contributed by atoms with Gasteiger partial charge >= 0.3 is 6.18 Å². The predicted molar refractivity (Wildman–Crippen MR) is 137 cm³/mol. The van der Waals surface area contributed by atoms with Gasteiger partial charge in [-0.25, -0.2) is 0 Å². The number of Topliss-reactive ketones (excluding diaryl/α,β-unsaturated/α-hetero) is 1. The van der Waals surface area contributed by atoms with Crippen LogP contribution in [0.15, 0.2) is 47.1 Å². The third kappa shape index (κ3) is 10.6. The van der Waals surface area contributed by atoms with Crippen molar-refractivity contribution in [2.45, 2.75) is 84.9 Å². The third-order valence-electron chi connectivity index (χ3n) is 5.18. The van der Waals surface area contributed by atoms with Crippen LogP contribution in [0.5, 0.6) is 0 Å². The zero-order valence-corrected chi connectivity index (χ0v) is 21.4. The number of hydrazone groups is 1. The van der Waals surface area contributed by atoms with Gasteiger partial charge in [0.25, 0.3) is 0 Å². The molecule has 1 aliphatic rings. The van der Waals surface area contributed by atoms with E-state index in [4.69, 9.17) is 11.6 Å². The lowest BCUT2D eigenvalue weighted by Crippen LogP contribution is -2.13. The molecule has 0 aromatic heterocycles. The minimum Gasteiger partial charge on any atom is -0.307 e. The number of terminal acetylenes is 1. The first-order valence-corrected chi connectivity index (χ1v) is 11.8. The summed E-state index contributed by atoms with van der Waals surface area (Å²) in [5, 5.41) is 3.95. The molecule has 0 amide bonds. The van der Waals surface area contributed by atoms with Gasteiger partial charge in [-0.2, -0.15) is 18.3 Å². The molecule has 0 radical (unpaired) electrons. The molecule has 2 rings (SSSR count). The van der Waals surface area contributed by atoms with Crippen LogP contribution in [0.25, 0.3) is 0 Å². The molecule has 1 aromatic carbocycles. The highest BCUT2D eigenvalue weighted by Crippen LogP contribution is 2.37. The van der Waals surface area contributed by atoms with Gasteiger partial charge in [-0.3, -0.25) is 4.79 Å². The topological polar surface area (TPSA) is 41.5 Å². The number of ketones is 1. The van der Waals surface area contributed by atoms with Crippen LogP contribution in [0.2, 0.25) is 5.02 Å². The SMILES string of the molecule is C#C.C/C=C\C(=C/C)C1=NNC(C)C1.CCCC(CC(=O)CC)c1ccc(Cl)c(C(F)(F)F)c1. The van der Waals surface area contributed by atoms with Gasteiger partial charge in [0, 0.05) is 25.3 Å². The summed E-state index contributed by atoms with van der Waals surface area (Å²) in [4.78, 5) is 11.6. The van der Waals surface area contributed by atoms with E-state index < -0.39 is 11.7 Å². The van der Waals surface area contributed by atoms with Gasteiger partial charge in [-0.15, -0.1) is 12.8 Å². The van der Waals surface area contributed by atoms with E-state index >= 15 is 0 Å². The number of hydrogen-bond acceptors (Lipinski definition) is 3. The monoisotopic (exact) mass is 496 g/mol. The van der Waals surface area contributed by atoms with Crippen molar-refractivity contribution in [2.24, 2.45) is 5.10 Å². The van der Waals surface area contributed by atoms with E-state index in [1.165, 1.54) is 17.4 Å². The number of nitrogens with zero attached hydrogens (tertiary/aromatic N) is 1. The number of halogens is 4. The number of hydrogen-bond donors (Lipinski definition) is 1. The first kappa shape index (κ1) is 31.5. The summed E-state index contributed by atoms with van der Waals surface area (Å²) < 4.78 is 38.6. The van der Waals surface area contributed by atoms with E-state index in [9.17, 15) is 18.0 Å². The summed E-state index contributed by atoms with van der Waals surface area (Å²) in [5.41, 5.74) is 5.16. The van der Waals surface area contributed by atoms with Crippen molar-refractivity contribution in [1.82, 2.24) is 5.43 Å². The van der Waals surface area contributed by atoms with Crippen LogP contribution in [0.3, 0.4) is 0 Å². The average Bonchev–Trinajstić information content (AvgIpc) is 3.24. The minimum absolute atomic E-state index is 0.0620. The smallest absolute Gasteiger partial charge is 0.307 e. The van der Waals surface area contributed by atoms with E-state index in [1.807, 2.05) is 26.8 Å². The highest BCUT2D eigenvalue weighted by Gasteiger charge is 2.34. The Balaban J connectivity index is 0.000000662. The first-order chi connectivity index (χ1) is 16.1. The Bertz CT molecular complexity index is 886. The summed E-state index contributed by atoms with van der Waals surface area (Å²) in [6, 6.07) is 4.41. The highest BCUT2D eigenvalue weighted by molar-refractivity contribution is 6.31. The van der Waals surface area contributed by atoms with Crippen LogP contribution in [0.1, 0.15) is 83.8 Å². The fourth-order valence-corrected chi connectivity index (χ4v) is 3.68. The molecule has 2 atom stereocenters. The standard InChI is InChI=1S/C15H18ClF3O.C10H16N2.C2H2/c1-3-5-10(8-12(20)4-2)11-6-7-14(16)13(9-11)15(17,18)19;1-4-6-9(5-2)10-7-8(3)11-12-10;1-2/h6-7,9-10H,3-5,8H2,1-2H3;4-6,8,11H,7H2,1-3H3;1-2H/b;6-4-,9-5+;. The molecule has 0 saturated carbocycles. The van der Waals surface area contributed by atoms with Gasteiger partial charge in [0.2, 0.25) is 0 Å². The van der Waals surface area contributed by atoms with Crippen LogP contribution < -0.4 is 5.43 Å². The number of carbonyl (C=O) groups is 1. The minimum atomic E-state index is -4.47. The molecular weight excluding hydrogens is 461 g/mol. The molecule has 1 N–H and O–H groups in total. The maximum Gasteiger partial charge on any atom is 0.417 e. The molecule has 34 heavy (non-hydrogen) atoms. The second-order valence-electron chi connectivity index (χ2n) is 7.86. The van der Waals surface area contributed by atoms with Gasteiger partial charge in [0.1, 0.15) is 5.78 Å². The highest BCUT2D eigenvalue weighted by atomic mass is 35.5. The Hall–Kier alpha value is -2.52. The fraction of sp³-hybridized carbons (Fsp3) is 0.481. The third-order valence-corrected chi connectivity index (χ3v) is 5.51. The number of benzene rings is 1. The van der Waals surface area contributed by atoms with Gasteiger partial charge in [0.05, 0.1) is 16.3 Å². The average molecular weight is 497 g/mol. The van der Waals surface area contributed by atoms with Gasteiger partial charge < -0.3 is 5.43 Å². The Morgan fingerprint density at radius 3 is 2.38 bits per heavy atom. The fourth-order valence-electron chi connectivity index (χ4n) is 3.46. The summed E-state index contributed by atoms with van der Waals surface area (Å²) in [6.45, 7) is 9.91. The number of alkyl halides is 3. The molecule has 1 aliphatic heterocycles. The van der Waals surface area contributed by atoms with Crippen LogP contribution in [-0.2, 0) is 11.0 Å². The van der Waals surface area contributed by atoms with Crippen molar-refractivity contribution in [3.8, 4) is 12.8 Å². The second-order valence-corrected chi connectivity index (χ2v) is 8.26. The van der Waals surface area contributed by atoms with Crippen molar-refractivity contribution in [1.29, 1.82) is 0 Å². The quantitative estimate of drug-likeness (QED) is 0.291. The van der Waals surface area contributed by atoms with Crippen LogP contribution in [0.4, 0.5) is 13.2 Å². The van der Waals surface area contributed by atoms with Gasteiger partial charge in [0.15, 0.2) is 0 Å². The molecule has 0 fully saturated rings. The number of allylic oxidation sites excluding steroid dienone is 4. The zero-order chi connectivity index (χ0) is 26.3. The summed E-state index contributed by atoms with van der Waals surface area (Å²) in [5.74, 6) is -0.113. The molecule has 7 heteroatoms. The predicted octanol–water partition coefficient (Wildman–Crippen LogP) is 8.11. The molecule has 0 bridgehead atoms. The Kier molecular flexibility index (Phi) is 15.0. The molecule has 0 aliphatic carbocycles. The lowest BCUT2D eigenvalue weighted by Gasteiger charge is -2.18. The maximum atomic E-state index is 12.9. The van der Waals surface area contributed by atoms with Crippen molar-refractivity contribution < 1.29 is 18.0 Å². The summed E-state index contributed by atoms with van der Waals surface area (Å²) in [7, 11) is 0. The molecule has 3 nitrogen and oxygen atoms in total. The van der Waals surface area contributed by atoms with E-state index in [1.54, 1.807) is 13.0 Å². The van der Waals surface area contributed by atoms with Crippen LogP contribution in [-0.4, -0.2) is 17.5 Å². The van der Waals surface area contributed by atoms with Gasteiger partial charge in [-0.1, -0.05) is 56.2 Å². The van der Waals surface area contributed by atoms with Crippen molar-refractivity contribution in [3.63, 3.8) is 0 Å². The molecule has 1 heterocycles. The molecule has 188 valence electrons. The number of carbonyl (C=O) groups excluding carboxylic acids is 1. The Morgan fingerprint density at radius 1 is 1.29 bits per heavy atom. The van der Waals surface area contributed by atoms with Crippen molar-refractivity contribution >= 4 is 23.1 Å². The summed E-state index contributed by atoms with van der Waals surface area (Å²) in [6.07, 6.45) is 13.0. The van der Waals surface area contributed by atoms with Crippen LogP contribution >= 0.6 is 11.6 Å². The van der Waals surface area contributed by atoms with E-state index in [-0.39, 0.29) is 23.1 Å². The first-order valence-electron chi connectivity index (χ1n) is 11.4. The largest absolute Gasteiger partial charge is 0.417 e. The maximum absolute atomic E-state index is 12.9. The molecular formula is C27H36ClF3N2O. The molecule has 2 unspecified atom stereocenters. The van der Waals surface area contributed by atoms with Crippen molar-refractivity contribution in [3.05, 3.63) is 58.1 Å². The van der Waals surface area contributed by atoms with Gasteiger partial charge in [-0.05, 0) is 56.4 Å². The summed E-state index contributed by atoms with van der Waals surface area (Å²) >= 11 is 5.61. The Morgan fingerprint density at radius 2 is 1.94 bits per heavy atom.